The Kier molecular flexibility index (Phi) is 11.4. The van der Waals surface area contributed by atoms with E-state index in [9.17, 15) is 15.3 Å². The molecule has 3 nitrogen and oxygen atoms in total. The third kappa shape index (κ3) is 6.17. The molecule has 0 saturated heterocycles. The predicted octanol–water partition coefficient (Wildman–Crippen LogP) is 4.57. The SMILES string of the molecule is CCCCCCCCCCC(O)(CC)C(O)(CC)C(O)CC. The zero-order valence-corrected chi connectivity index (χ0v) is 15.4. The van der Waals surface area contributed by atoms with Crippen LogP contribution in [0, 0.1) is 0 Å². The van der Waals surface area contributed by atoms with Crippen molar-refractivity contribution in [3.63, 3.8) is 0 Å². The molecule has 0 radical (unpaired) electrons. The molecule has 0 fully saturated rings. The molecule has 3 unspecified atom stereocenters. The molecule has 0 aliphatic rings. The first-order valence-electron chi connectivity index (χ1n) is 9.54. The molecule has 22 heavy (non-hydrogen) atoms. The van der Waals surface area contributed by atoms with E-state index in [0.29, 0.717) is 25.7 Å². The highest BCUT2D eigenvalue weighted by Gasteiger charge is 2.50. The fraction of sp³-hybridized carbons (Fsp3) is 1.00. The molecule has 0 aromatic carbocycles. The van der Waals surface area contributed by atoms with E-state index < -0.39 is 17.3 Å². The van der Waals surface area contributed by atoms with Crippen molar-refractivity contribution in [3.8, 4) is 0 Å². The summed E-state index contributed by atoms with van der Waals surface area (Å²) < 4.78 is 0. The van der Waals surface area contributed by atoms with Gasteiger partial charge in [0.15, 0.2) is 0 Å². The van der Waals surface area contributed by atoms with Gasteiger partial charge in [-0.25, -0.2) is 0 Å². The van der Waals surface area contributed by atoms with E-state index in [-0.39, 0.29) is 0 Å². The van der Waals surface area contributed by atoms with E-state index in [2.05, 4.69) is 6.92 Å². The number of hydrogen-bond acceptors (Lipinski definition) is 3. The molecule has 0 aliphatic heterocycles. The lowest BCUT2D eigenvalue weighted by Gasteiger charge is -2.45. The van der Waals surface area contributed by atoms with Crippen LogP contribution in [0.3, 0.4) is 0 Å². The van der Waals surface area contributed by atoms with Crippen LogP contribution in [0.15, 0.2) is 0 Å². The number of hydrogen-bond donors (Lipinski definition) is 3. The third-order valence-electron chi connectivity index (χ3n) is 5.31. The first-order valence-corrected chi connectivity index (χ1v) is 9.54. The Morgan fingerprint density at radius 2 is 1.23 bits per heavy atom. The Morgan fingerprint density at radius 1 is 0.727 bits per heavy atom. The van der Waals surface area contributed by atoms with Crippen molar-refractivity contribution in [3.05, 3.63) is 0 Å². The van der Waals surface area contributed by atoms with Gasteiger partial charge in [-0.3, -0.25) is 0 Å². The molecule has 0 saturated carbocycles. The minimum Gasteiger partial charge on any atom is -0.390 e. The van der Waals surface area contributed by atoms with Gasteiger partial charge in [-0.2, -0.15) is 0 Å². The molecule has 134 valence electrons. The van der Waals surface area contributed by atoms with Gasteiger partial charge in [0.2, 0.25) is 0 Å². The van der Waals surface area contributed by atoms with Crippen LogP contribution in [0.4, 0.5) is 0 Å². The van der Waals surface area contributed by atoms with Gasteiger partial charge in [0.05, 0.1) is 11.7 Å². The average molecular weight is 317 g/mol. The molecule has 0 spiro atoms. The van der Waals surface area contributed by atoms with Gasteiger partial charge in [-0.05, 0) is 25.7 Å². The summed E-state index contributed by atoms with van der Waals surface area (Å²) in [4.78, 5) is 0. The van der Waals surface area contributed by atoms with Gasteiger partial charge in [-0.1, -0.05) is 79.1 Å². The molecule has 0 aliphatic carbocycles. The molecular weight excluding hydrogens is 276 g/mol. The minimum absolute atomic E-state index is 0.378. The van der Waals surface area contributed by atoms with E-state index in [1.807, 2.05) is 20.8 Å². The fourth-order valence-corrected chi connectivity index (χ4v) is 3.46. The summed E-state index contributed by atoms with van der Waals surface area (Å²) in [5.41, 5.74) is -2.57. The van der Waals surface area contributed by atoms with Crippen molar-refractivity contribution < 1.29 is 15.3 Å². The summed E-state index contributed by atoms with van der Waals surface area (Å²) in [6.45, 7) is 7.81. The minimum atomic E-state index is -1.39. The second-order valence-electron chi connectivity index (χ2n) is 6.81. The van der Waals surface area contributed by atoms with Crippen molar-refractivity contribution in [2.45, 2.75) is 122 Å². The monoisotopic (exact) mass is 316 g/mol. The molecular formula is C19H40O3. The van der Waals surface area contributed by atoms with Crippen LogP contribution >= 0.6 is 0 Å². The molecule has 3 N–H and O–H groups in total. The maximum atomic E-state index is 10.9. The van der Waals surface area contributed by atoms with E-state index >= 15 is 0 Å². The molecule has 3 atom stereocenters. The second-order valence-corrected chi connectivity index (χ2v) is 6.81. The first-order chi connectivity index (χ1) is 10.4. The zero-order valence-electron chi connectivity index (χ0n) is 15.4. The van der Waals surface area contributed by atoms with Crippen molar-refractivity contribution in [1.29, 1.82) is 0 Å². The van der Waals surface area contributed by atoms with Gasteiger partial charge >= 0.3 is 0 Å². The molecule has 3 heteroatoms. The summed E-state index contributed by atoms with van der Waals surface area (Å²) in [5.74, 6) is 0. The number of aliphatic hydroxyl groups is 3. The van der Waals surface area contributed by atoms with Gasteiger partial charge in [0.1, 0.15) is 5.60 Å². The lowest BCUT2D eigenvalue weighted by atomic mass is 9.71. The average Bonchev–Trinajstić information content (AvgIpc) is 2.55. The first kappa shape index (κ1) is 21.9. The maximum Gasteiger partial charge on any atom is 0.119 e. The Hall–Kier alpha value is -0.120. The molecule has 0 bridgehead atoms. The standard InChI is InChI=1S/C19H40O3/c1-5-9-10-11-12-13-14-15-16-18(21,7-3)19(22,8-4)17(20)6-2/h17,20-22H,5-16H2,1-4H3. The van der Waals surface area contributed by atoms with Crippen LogP contribution < -0.4 is 0 Å². The Labute approximate surface area is 138 Å². The quantitative estimate of drug-likeness (QED) is 0.411. The van der Waals surface area contributed by atoms with Crippen LogP contribution in [0.25, 0.3) is 0 Å². The Bertz CT molecular complexity index is 269. The van der Waals surface area contributed by atoms with Crippen molar-refractivity contribution in [2.75, 3.05) is 0 Å². The van der Waals surface area contributed by atoms with E-state index in [1.165, 1.54) is 38.5 Å². The molecule has 0 amide bonds. The normalized spacial score (nSPS) is 18.7. The van der Waals surface area contributed by atoms with Crippen molar-refractivity contribution >= 4 is 0 Å². The van der Waals surface area contributed by atoms with Gasteiger partial charge in [0, 0.05) is 0 Å². The lowest BCUT2D eigenvalue weighted by molar-refractivity contribution is -0.209. The highest BCUT2D eigenvalue weighted by atomic mass is 16.4. The lowest BCUT2D eigenvalue weighted by Crippen LogP contribution is -2.60. The predicted molar refractivity (Wildman–Crippen MR) is 94.0 cm³/mol. The summed E-state index contributed by atoms with van der Waals surface area (Å²) in [7, 11) is 0. The molecule has 0 aromatic rings. The van der Waals surface area contributed by atoms with Crippen LogP contribution in [-0.2, 0) is 0 Å². The van der Waals surface area contributed by atoms with Crippen LogP contribution in [0.1, 0.15) is 105 Å². The van der Waals surface area contributed by atoms with Crippen LogP contribution in [0.2, 0.25) is 0 Å². The number of aliphatic hydroxyl groups excluding tert-OH is 1. The van der Waals surface area contributed by atoms with Gasteiger partial charge in [0.25, 0.3) is 0 Å². The summed E-state index contributed by atoms with van der Waals surface area (Å²) in [6, 6.07) is 0. The maximum absolute atomic E-state index is 10.9. The molecule has 0 heterocycles. The number of rotatable bonds is 14. The highest BCUT2D eigenvalue weighted by Crippen LogP contribution is 2.37. The van der Waals surface area contributed by atoms with Crippen LogP contribution in [-0.4, -0.2) is 32.6 Å². The highest BCUT2D eigenvalue weighted by molar-refractivity contribution is 5.02. The third-order valence-corrected chi connectivity index (χ3v) is 5.31. The zero-order chi connectivity index (χ0) is 17.1. The molecule has 0 rings (SSSR count). The Balaban J connectivity index is 4.27. The van der Waals surface area contributed by atoms with Crippen molar-refractivity contribution in [1.82, 2.24) is 0 Å². The fourth-order valence-electron chi connectivity index (χ4n) is 3.46. The topological polar surface area (TPSA) is 60.7 Å². The smallest absolute Gasteiger partial charge is 0.119 e. The Morgan fingerprint density at radius 3 is 1.64 bits per heavy atom. The second kappa shape index (κ2) is 11.4. The van der Waals surface area contributed by atoms with Crippen LogP contribution in [0.5, 0.6) is 0 Å². The van der Waals surface area contributed by atoms with E-state index in [0.717, 1.165) is 12.8 Å². The van der Waals surface area contributed by atoms with E-state index in [1.54, 1.807) is 0 Å². The van der Waals surface area contributed by atoms with Gasteiger partial charge < -0.3 is 15.3 Å². The van der Waals surface area contributed by atoms with E-state index in [4.69, 9.17) is 0 Å². The molecule has 0 aromatic heterocycles. The van der Waals surface area contributed by atoms with Crippen molar-refractivity contribution in [2.24, 2.45) is 0 Å². The summed E-state index contributed by atoms with van der Waals surface area (Å²) in [5, 5.41) is 31.9. The summed E-state index contributed by atoms with van der Waals surface area (Å²) in [6.07, 6.45) is 10.7. The number of unbranched alkanes of at least 4 members (excludes halogenated alkanes) is 7. The summed E-state index contributed by atoms with van der Waals surface area (Å²) >= 11 is 0. The van der Waals surface area contributed by atoms with Gasteiger partial charge in [-0.15, -0.1) is 0 Å². The largest absolute Gasteiger partial charge is 0.390 e.